The summed E-state index contributed by atoms with van der Waals surface area (Å²) in [7, 11) is 0. The van der Waals surface area contributed by atoms with Crippen molar-refractivity contribution in [1.82, 2.24) is 29.9 Å². The Morgan fingerprint density at radius 3 is 1.60 bits per heavy atom. The van der Waals surface area contributed by atoms with Gasteiger partial charge in [-0.3, -0.25) is 4.98 Å². The van der Waals surface area contributed by atoms with Crippen LogP contribution in [-0.4, -0.2) is 29.9 Å². The first-order valence-electron chi connectivity index (χ1n) is 19.3. The van der Waals surface area contributed by atoms with E-state index < -0.39 is 0 Å². The third-order valence-corrected chi connectivity index (χ3v) is 10.8. The zero-order valence-corrected chi connectivity index (χ0v) is 31.2. The van der Waals surface area contributed by atoms with Crippen molar-refractivity contribution in [1.29, 1.82) is 0 Å². The molecule has 6 nitrogen and oxygen atoms in total. The molecule has 0 bridgehead atoms. The summed E-state index contributed by atoms with van der Waals surface area (Å²) >= 11 is 0. The van der Waals surface area contributed by atoms with Crippen LogP contribution < -0.4 is 0 Å². The molecular weight excluding hydrogens is 709 g/mol. The highest BCUT2D eigenvalue weighted by molar-refractivity contribution is 6.04. The zero-order valence-electron chi connectivity index (χ0n) is 31.2. The van der Waals surface area contributed by atoms with Crippen molar-refractivity contribution in [3.63, 3.8) is 0 Å². The van der Waals surface area contributed by atoms with Crippen molar-refractivity contribution < 1.29 is 0 Å². The third-order valence-electron chi connectivity index (χ3n) is 10.8. The number of benzene rings is 7. The summed E-state index contributed by atoms with van der Waals surface area (Å²) in [6.07, 6.45) is 1.81. The topological polar surface area (TPSA) is 77.3 Å². The minimum atomic E-state index is 0.572. The van der Waals surface area contributed by atoms with Gasteiger partial charge in [-0.2, -0.15) is 0 Å². The molecule has 270 valence electrons. The average molecular weight is 741 g/mol. The van der Waals surface area contributed by atoms with E-state index in [1.165, 1.54) is 5.56 Å². The molecule has 11 rings (SSSR count). The number of rotatable bonds is 6. The maximum absolute atomic E-state index is 5.23. The minimum Gasteiger partial charge on any atom is -0.255 e. The van der Waals surface area contributed by atoms with Crippen LogP contribution in [0.2, 0.25) is 0 Å². The normalized spacial score (nSPS) is 11.4. The van der Waals surface area contributed by atoms with Gasteiger partial charge in [0, 0.05) is 50.2 Å². The van der Waals surface area contributed by atoms with Crippen molar-refractivity contribution in [2.24, 2.45) is 0 Å². The van der Waals surface area contributed by atoms with Crippen LogP contribution in [0.4, 0.5) is 0 Å². The molecule has 0 fully saturated rings. The summed E-state index contributed by atoms with van der Waals surface area (Å²) in [4.78, 5) is 30.4. The first-order valence-corrected chi connectivity index (χ1v) is 19.3. The van der Waals surface area contributed by atoms with Crippen molar-refractivity contribution in [2.45, 2.75) is 0 Å². The molecule has 4 heterocycles. The SMILES string of the molecule is c1ccc(-c2cccc(-c3ccc4ccc5ccc(-c6ccc(-c7nc(-c8cccc9ccccc89)nc(-c8cccc9cccnc89)n7)cc6)nc5c4n3)c2)cc1. The van der Waals surface area contributed by atoms with Crippen LogP contribution >= 0.6 is 0 Å². The number of aromatic nitrogens is 6. The van der Waals surface area contributed by atoms with E-state index in [-0.39, 0.29) is 0 Å². The van der Waals surface area contributed by atoms with Gasteiger partial charge in [0.25, 0.3) is 0 Å². The Balaban J connectivity index is 0.995. The molecule has 0 amide bonds. The van der Waals surface area contributed by atoms with Gasteiger partial charge in [-0.05, 0) is 52.2 Å². The van der Waals surface area contributed by atoms with Gasteiger partial charge >= 0.3 is 0 Å². The van der Waals surface area contributed by atoms with Crippen molar-refractivity contribution in [3.8, 4) is 67.8 Å². The van der Waals surface area contributed by atoms with E-state index >= 15 is 0 Å². The number of hydrogen-bond donors (Lipinski definition) is 0. The summed E-state index contributed by atoms with van der Waals surface area (Å²) in [5.74, 6) is 1.76. The van der Waals surface area contributed by atoms with Crippen molar-refractivity contribution in [3.05, 3.63) is 194 Å². The highest BCUT2D eigenvalue weighted by atomic mass is 15.0. The Labute approximate surface area is 334 Å². The number of nitrogens with zero attached hydrogens (tertiary/aromatic N) is 6. The predicted octanol–water partition coefficient (Wildman–Crippen LogP) is 12.7. The monoisotopic (exact) mass is 740 g/mol. The van der Waals surface area contributed by atoms with Crippen LogP contribution in [0, 0.1) is 0 Å². The maximum Gasteiger partial charge on any atom is 0.166 e. The lowest BCUT2D eigenvalue weighted by Gasteiger charge is -2.12. The Hall–Kier alpha value is -7.96. The number of para-hydroxylation sites is 1. The second-order valence-corrected chi connectivity index (χ2v) is 14.3. The molecule has 0 radical (unpaired) electrons. The van der Waals surface area contributed by atoms with Crippen LogP contribution in [0.5, 0.6) is 0 Å². The number of pyridine rings is 3. The smallest absolute Gasteiger partial charge is 0.166 e. The molecular formula is C52H32N6. The molecule has 0 atom stereocenters. The zero-order chi connectivity index (χ0) is 38.4. The average Bonchev–Trinajstić information content (AvgIpc) is 3.31. The fourth-order valence-corrected chi connectivity index (χ4v) is 7.82. The van der Waals surface area contributed by atoms with E-state index in [1.807, 2.05) is 42.6 Å². The van der Waals surface area contributed by atoms with Gasteiger partial charge in [-0.15, -0.1) is 0 Å². The Kier molecular flexibility index (Phi) is 8.04. The number of fused-ring (bicyclic) bond motifs is 5. The Morgan fingerprint density at radius 2 is 0.810 bits per heavy atom. The van der Waals surface area contributed by atoms with Crippen molar-refractivity contribution >= 4 is 43.5 Å². The molecule has 11 aromatic rings. The highest BCUT2D eigenvalue weighted by Crippen LogP contribution is 2.34. The van der Waals surface area contributed by atoms with Gasteiger partial charge in [0.05, 0.1) is 27.9 Å². The molecule has 7 aromatic carbocycles. The minimum absolute atomic E-state index is 0.572. The van der Waals surface area contributed by atoms with Crippen LogP contribution in [0.1, 0.15) is 0 Å². The molecule has 0 aliphatic heterocycles. The molecule has 0 unspecified atom stereocenters. The summed E-state index contributed by atoms with van der Waals surface area (Å²) in [6.45, 7) is 0. The summed E-state index contributed by atoms with van der Waals surface area (Å²) < 4.78 is 0. The van der Waals surface area contributed by atoms with Crippen LogP contribution in [0.15, 0.2) is 194 Å². The molecule has 4 aromatic heterocycles. The largest absolute Gasteiger partial charge is 0.255 e. The maximum atomic E-state index is 5.23. The van der Waals surface area contributed by atoms with E-state index in [0.717, 1.165) is 88.2 Å². The lowest BCUT2D eigenvalue weighted by atomic mass is 10.0. The molecule has 0 N–H and O–H groups in total. The fraction of sp³-hybridized carbons (Fsp3) is 0. The second kappa shape index (κ2) is 14.0. The molecule has 0 aliphatic carbocycles. The Bertz CT molecular complexity index is 3240. The van der Waals surface area contributed by atoms with E-state index in [2.05, 4.69) is 152 Å². The van der Waals surface area contributed by atoms with E-state index in [9.17, 15) is 0 Å². The van der Waals surface area contributed by atoms with E-state index in [0.29, 0.717) is 17.5 Å². The second-order valence-electron chi connectivity index (χ2n) is 14.3. The molecule has 0 aliphatic rings. The Morgan fingerprint density at radius 1 is 0.276 bits per heavy atom. The number of hydrogen-bond acceptors (Lipinski definition) is 6. The lowest BCUT2D eigenvalue weighted by molar-refractivity contribution is 1.08. The van der Waals surface area contributed by atoms with Crippen LogP contribution in [0.3, 0.4) is 0 Å². The first kappa shape index (κ1) is 33.4. The summed E-state index contributed by atoms with van der Waals surface area (Å²) in [5.41, 5.74) is 11.4. The van der Waals surface area contributed by atoms with E-state index in [1.54, 1.807) is 0 Å². The third kappa shape index (κ3) is 6.01. The molecule has 58 heavy (non-hydrogen) atoms. The fourth-order valence-electron chi connectivity index (χ4n) is 7.82. The van der Waals surface area contributed by atoms with Gasteiger partial charge in [-0.25, -0.2) is 24.9 Å². The molecule has 6 heteroatoms. The first-order chi connectivity index (χ1) is 28.7. The standard InChI is InChI=1S/C52H32N6/c1-2-10-33(11-3-1)40-15-6-16-41(32-40)46-30-28-38-24-23-37-27-29-45(54-48(37)49(38)55-46)35-21-25-39(26-22-35)50-56-51(43-19-7-13-34-12-4-5-18-42(34)43)58-52(57-50)44-20-8-14-36-17-9-31-53-47(36)44/h1-32H. The van der Waals surface area contributed by atoms with Gasteiger partial charge in [0.15, 0.2) is 17.5 Å². The highest BCUT2D eigenvalue weighted by Gasteiger charge is 2.17. The van der Waals surface area contributed by atoms with Gasteiger partial charge in [0.1, 0.15) is 0 Å². The molecule has 0 spiro atoms. The van der Waals surface area contributed by atoms with Crippen LogP contribution in [-0.2, 0) is 0 Å². The van der Waals surface area contributed by atoms with Crippen molar-refractivity contribution in [2.75, 3.05) is 0 Å². The summed E-state index contributed by atoms with van der Waals surface area (Å²) in [6, 6.07) is 64.6. The van der Waals surface area contributed by atoms with E-state index in [4.69, 9.17) is 29.9 Å². The summed E-state index contributed by atoms with van der Waals surface area (Å²) in [5, 5.41) is 5.31. The molecule has 0 saturated carbocycles. The molecule has 0 saturated heterocycles. The van der Waals surface area contributed by atoms with Crippen LogP contribution in [0.25, 0.3) is 111 Å². The van der Waals surface area contributed by atoms with Gasteiger partial charge in [-0.1, -0.05) is 158 Å². The quantitative estimate of drug-likeness (QED) is 0.158. The van der Waals surface area contributed by atoms with Gasteiger partial charge < -0.3 is 0 Å². The lowest BCUT2D eigenvalue weighted by Crippen LogP contribution is -2.01. The van der Waals surface area contributed by atoms with Gasteiger partial charge in [0.2, 0.25) is 0 Å². The predicted molar refractivity (Wildman–Crippen MR) is 236 cm³/mol.